The Balaban J connectivity index is 2.01. The highest BCUT2D eigenvalue weighted by atomic mass is 16.1. The average molecular weight is 275 g/mol. The number of amides is 1. The summed E-state index contributed by atoms with van der Waals surface area (Å²) >= 11 is 0. The third kappa shape index (κ3) is 3.30. The van der Waals surface area contributed by atoms with Gasteiger partial charge in [0.25, 0.3) is 5.91 Å². The van der Waals surface area contributed by atoms with Crippen molar-refractivity contribution in [1.82, 2.24) is 10.3 Å². The van der Waals surface area contributed by atoms with Crippen LogP contribution < -0.4 is 10.6 Å². The summed E-state index contributed by atoms with van der Waals surface area (Å²) in [7, 11) is 0. The van der Waals surface area contributed by atoms with E-state index in [4.69, 9.17) is 0 Å². The zero-order valence-corrected chi connectivity index (χ0v) is 12.5. The van der Waals surface area contributed by atoms with Crippen molar-refractivity contribution in [2.75, 3.05) is 18.4 Å². The molecule has 2 rings (SSSR count). The van der Waals surface area contributed by atoms with Gasteiger partial charge in [0.05, 0.1) is 11.3 Å². The lowest BCUT2D eigenvalue weighted by Gasteiger charge is -2.27. The lowest BCUT2D eigenvalue weighted by atomic mass is 9.83. The van der Waals surface area contributed by atoms with E-state index in [1.807, 2.05) is 13.0 Å². The Hall–Kier alpha value is -1.58. The van der Waals surface area contributed by atoms with Crippen molar-refractivity contribution in [3.8, 4) is 0 Å². The number of carbonyl (C=O) groups excluding carboxylic acids is 1. The van der Waals surface area contributed by atoms with Crippen LogP contribution in [0.4, 0.5) is 5.69 Å². The van der Waals surface area contributed by atoms with E-state index < -0.39 is 0 Å². The SMILES string of the molecule is CCNc1ccncc1C(=O)NCC1(CC)CCCC1. The first-order chi connectivity index (χ1) is 9.71. The van der Waals surface area contributed by atoms with Crippen molar-refractivity contribution in [3.63, 3.8) is 0 Å². The second-order valence-corrected chi connectivity index (χ2v) is 5.69. The summed E-state index contributed by atoms with van der Waals surface area (Å²) in [5, 5.41) is 6.32. The van der Waals surface area contributed by atoms with Crippen molar-refractivity contribution in [3.05, 3.63) is 24.0 Å². The van der Waals surface area contributed by atoms with Gasteiger partial charge in [0.2, 0.25) is 0 Å². The summed E-state index contributed by atoms with van der Waals surface area (Å²) in [5.41, 5.74) is 1.81. The third-order valence-corrected chi connectivity index (χ3v) is 4.47. The molecule has 0 radical (unpaired) electrons. The molecule has 4 nitrogen and oxygen atoms in total. The molecular weight excluding hydrogens is 250 g/mol. The smallest absolute Gasteiger partial charge is 0.254 e. The molecule has 1 heterocycles. The van der Waals surface area contributed by atoms with E-state index in [2.05, 4.69) is 22.5 Å². The van der Waals surface area contributed by atoms with Gasteiger partial charge in [0.15, 0.2) is 0 Å². The molecule has 1 aromatic rings. The van der Waals surface area contributed by atoms with Gasteiger partial charge in [-0.2, -0.15) is 0 Å². The highest BCUT2D eigenvalue weighted by Gasteiger charge is 2.32. The van der Waals surface area contributed by atoms with Crippen molar-refractivity contribution in [2.24, 2.45) is 5.41 Å². The van der Waals surface area contributed by atoms with Crippen LogP contribution >= 0.6 is 0 Å². The minimum absolute atomic E-state index is 0.0197. The Morgan fingerprint density at radius 2 is 2.10 bits per heavy atom. The molecule has 0 atom stereocenters. The molecule has 4 heteroatoms. The number of rotatable bonds is 6. The minimum atomic E-state index is -0.0197. The van der Waals surface area contributed by atoms with Crippen LogP contribution in [0, 0.1) is 5.41 Å². The number of pyridine rings is 1. The number of carbonyl (C=O) groups is 1. The Morgan fingerprint density at radius 3 is 2.75 bits per heavy atom. The molecule has 0 saturated heterocycles. The van der Waals surface area contributed by atoms with Gasteiger partial charge in [0.1, 0.15) is 0 Å². The Morgan fingerprint density at radius 1 is 1.35 bits per heavy atom. The van der Waals surface area contributed by atoms with Gasteiger partial charge in [-0.05, 0) is 37.7 Å². The highest BCUT2D eigenvalue weighted by Crippen LogP contribution is 2.40. The average Bonchev–Trinajstić information content (AvgIpc) is 2.95. The van der Waals surface area contributed by atoms with Crippen LogP contribution in [0.1, 0.15) is 56.3 Å². The van der Waals surface area contributed by atoms with E-state index >= 15 is 0 Å². The molecule has 2 N–H and O–H groups in total. The summed E-state index contributed by atoms with van der Waals surface area (Å²) in [5.74, 6) is -0.0197. The van der Waals surface area contributed by atoms with Gasteiger partial charge in [-0.3, -0.25) is 9.78 Å². The fraction of sp³-hybridized carbons (Fsp3) is 0.625. The maximum absolute atomic E-state index is 12.4. The van der Waals surface area contributed by atoms with E-state index in [1.54, 1.807) is 12.4 Å². The summed E-state index contributed by atoms with van der Waals surface area (Å²) < 4.78 is 0. The second kappa shape index (κ2) is 6.73. The van der Waals surface area contributed by atoms with Crippen LogP contribution in [0.5, 0.6) is 0 Å². The third-order valence-electron chi connectivity index (χ3n) is 4.47. The Bertz CT molecular complexity index is 453. The molecule has 1 amide bonds. The highest BCUT2D eigenvalue weighted by molar-refractivity contribution is 5.99. The maximum atomic E-state index is 12.4. The van der Waals surface area contributed by atoms with Crippen LogP contribution in [0.3, 0.4) is 0 Å². The van der Waals surface area contributed by atoms with Crippen LogP contribution in [-0.4, -0.2) is 24.0 Å². The van der Waals surface area contributed by atoms with Crippen LogP contribution in [0.15, 0.2) is 18.5 Å². The standard InChI is InChI=1S/C16H25N3O/c1-3-16(8-5-6-9-16)12-19-15(20)13-11-17-10-7-14(13)18-4-2/h7,10-11H,3-6,8-9,12H2,1-2H3,(H,17,18)(H,19,20). The van der Waals surface area contributed by atoms with Crippen LogP contribution in [0.2, 0.25) is 0 Å². The molecule has 0 bridgehead atoms. The minimum Gasteiger partial charge on any atom is -0.385 e. The predicted molar refractivity (Wildman–Crippen MR) is 81.9 cm³/mol. The quantitative estimate of drug-likeness (QED) is 0.838. The number of anilines is 1. The van der Waals surface area contributed by atoms with Gasteiger partial charge in [-0.25, -0.2) is 0 Å². The zero-order chi connectivity index (χ0) is 14.4. The fourth-order valence-electron chi connectivity index (χ4n) is 3.06. The number of hydrogen-bond acceptors (Lipinski definition) is 3. The molecule has 0 aromatic carbocycles. The lowest BCUT2D eigenvalue weighted by Crippen LogP contribution is -2.36. The molecular formula is C16H25N3O. The van der Waals surface area contributed by atoms with Crippen molar-refractivity contribution in [1.29, 1.82) is 0 Å². The first kappa shape index (κ1) is 14.8. The Labute approximate surface area is 121 Å². The summed E-state index contributed by atoms with van der Waals surface area (Å²) in [4.78, 5) is 16.4. The molecule has 1 saturated carbocycles. The van der Waals surface area contributed by atoms with Crippen molar-refractivity contribution >= 4 is 11.6 Å². The second-order valence-electron chi connectivity index (χ2n) is 5.69. The molecule has 1 aliphatic carbocycles. The van der Waals surface area contributed by atoms with E-state index in [9.17, 15) is 4.79 Å². The van der Waals surface area contributed by atoms with E-state index in [0.717, 1.165) is 25.2 Å². The Kier molecular flexibility index (Phi) is 4.99. The van der Waals surface area contributed by atoms with Gasteiger partial charge < -0.3 is 10.6 Å². The fourth-order valence-corrected chi connectivity index (χ4v) is 3.06. The number of aromatic nitrogens is 1. The van der Waals surface area contributed by atoms with Crippen LogP contribution in [-0.2, 0) is 0 Å². The summed E-state index contributed by atoms with van der Waals surface area (Å²) in [6.07, 6.45) is 9.53. The van der Waals surface area contributed by atoms with E-state index in [0.29, 0.717) is 11.0 Å². The van der Waals surface area contributed by atoms with Crippen molar-refractivity contribution in [2.45, 2.75) is 46.0 Å². The first-order valence-electron chi connectivity index (χ1n) is 7.67. The lowest BCUT2D eigenvalue weighted by molar-refractivity contribution is 0.0929. The topological polar surface area (TPSA) is 54.0 Å². The maximum Gasteiger partial charge on any atom is 0.254 e. The molecule has 20 heavy (non-hydrogen) atoms. The van der Waals surface area contributed by atoms with Gasteiger partial charge in [0, 0.05) is 25.5 Å². The molecule has 1 aliphatic rings. The van der Waals surface area contributed by atoms with Crippen LogP contribution in [0.25, 0.3) is 0 Å². The number of nitrogens with zero attached hydrogens (tertiary/aromatic N) is 1. The summed E-state index contributed by atoms with van der Waals surface area (Å²) in [6.45, 7) is 5.82. The normalized spacial score (nSPS) is 16.9. The summed E-state index contributed by atoms with van der Waals surface area (Å²) in [6, 6.07) is 1.85. The molecule has 0 spiro atoms. The van der Waals surface area contributed by atoms with Gasteiger partial charge in [-0.1, -0.05) is 19.8 Å². The zero-order valence-electron chi connectivity index (χ0n) is 12.5. The molecule has 1 fully saturated rings. The van der Waals surface area contributed by atoms with Gasteiger partial charge >= 0.3 is 0 Å². The monoisotopic (exact) mass is 275 g/mol. The van der Waals surface area contributed by atoms with E-state index in [1.165, 1.54) is 25.7 Å². The molecule has 0 unspecified atom stereocenters. The molecule has 0 aliphatic heterocycles. The van der Waals surface area contributed by atoms with Gasteiger partial charge in [-0.15, -0.1) is 0 Å². The first-order valence-corrected chi connectivity index (χ1v) is 7.67. The number of hydrogen-bond donors (Lipinski definition) is 2. The number of nitrogens with one attached hydrogen (secondary N) is 2. The molecule has 110 valence electrons. The largest absolute Gasteiger partial charge is 0.385 e. The molecule has 1 aromatic heterocycles. The predicted octanol–water partition coefficient (Wildman–Crippen LogP) is 3.21. The van der Waals surface area contributed by atoms with E-state index in [-0.39, 0.29) is 5.91 Å². The van der Waals surface area contributed by atoms with Crippen molar-refractivity contribution < 1.29 is 4.79 Å².